The van der Waals surface area contributed by atoms with Crippen LogP contribution in [0, 0.1) is 21.4 Å². The number of amides is 1. The first-order chi connectivity index (χ1) is 18.1. The van der Waals surface area contributed by atoms with Gasteiger partial charge in [-0.3, -0.25) is 14.9 Å². The average molecular weight is 536 g/mol. The van der Waals surface area contributed by atoms with E-state index in [9.17, 15) is 19.7 Å². The van der Waals surface area contributed by atoms with Crippen molar-refractivity contribution < 1.29 is 19.2 Å². The molecule has 3 aromatic rings. The molecule has 196 valence electrons. The van der Waals surface area contributed by atoms with Crippen LogP contribution < -0.4 is 10.2 Å². The Bertz CT molecular complexity index is 1410. The zero-order valence-corrected chi connectivity index (χ0v) is 21.6. The van der Waals surface area contributed by atoms with Gasteiger partial charge in [-0.2, -0.15) is 5.26 Å². The van der Waals surface area contributed by atoms with E-state index in [-0.39, 0.29) is 18.7 Å². The molecule has 1 aromatic heterocycles. The zero-order chi connectivity index (χ0) is 27.7. The number of nitrogens with one attached hydrogen (secondary N) is 1. The standard InChI is InChI=1S/C25H25N7O5S/c1-4-22(33)28-25(2,3)23(34)37-15-14-31(13-5-12-26)18-8-6-17(7-9-18)29-30-24-27-20-11-10-19(32(35)36)16-21(20)38-24/h4,6-11,16H,1,5,13-15H2,2-3H3,(H,28,33). The highest BCUT2D eigenvalue weighted by Gasteiger charge is 2.30. The molecular formula is C25H25N7O5S. The van der Waals surface area contributed by atoms with Crippen molar-refractivity contribution in [3.05, 3.63) is 65.2 Å². The minimum atomic E-state index is -1.21. The summed E-state index contributed by atoms with van der Waals surface area (Å²) in [5.41, 5.74) is 0.726. The molecule has 0 bridgehead atoms. The molecule has 0 aliphatic carbocycles. The number of fused-ring (bicyclic) bond motifs is 1. The number of aromatic nitrogens is 1. The van der Waals surface area contributed by atoms with E-state index >= 15 is 0 Å². The summed E-state index contributed by atoms with van der Waals surface area (Å²) in [6.45, 7) is 7.25. The summed E-state index contributed by atoms with van der Waals surface area (Å²) < 4.78 is 5.99. The third-order valence-corrected chi connectivity index (χ3v) is 6.16. The third-order valence-electron chi connectivity index (χ3n) is 5.26. The van der Waals surface area contributed by atoms with Gasteiger partial charge in [0.25, 0.3) is 5.69 Å². The number of rotatable bonds is 12. The van der Waals surface area contributed by atoms with Gasteiger partial charge in [-0.15, -0.1) is 10.2 Å². The van der Waals surface area contributed by atoms with Crippen LogP contribution in [0.4, 0.5) is 22.2 Å². The molecule has 2 aromatic carbocycles. The fourth-order valence-corrected chi connectivity index (χ4v) is 4.10. The summed E-state index contributed by atoms with van der Waals surface area (Å²) in [5.74, 6) is -1.07. The maximum Gasteiger partial charge on any atom is 0.331 e. The quantitative estimate of drug-likeness (QED) is 0.112. The number of hydrogen-bond donors (Lipinski definition) is 1. The van der Waals surface area contributed by atoms with Crippen molar-refractivity contribution in [1.29, 1.82) is 5.26 Å². The normalized spacial score (nSPS) is 11.2. The highest BCUT2D eigenvalue weighted by atomic mass is 32.1. The van der Waals surface area contributed by atoms with Crippen molar-refractivity contribution in [3.63, 3.8) is 0 Å². The summed E-state index contributed by atoms with van der Waals surface area (Å²) in [6, 6.07) is 13.6. The Balaban J connectivity index is 1.64. The monoisotopic (exact) mass is 535 g/mol. The van der Waals surface area contributed by atoms with E-state index in [1.807, 2.05) is 17.0 Å². The number of anilines is 1. The predicted molar refractivity (Wildman–Crippen MR) is 143 cm³/mol. The van der Waals surface area contributed by atoms with Crippen molar-refractivity contribution in [2.75, 3.05) is 24.6 Å². The second-order valence-electron chi connectivity index (χ2n) is 8.47. The lowest BCUT2D eigenvalue weighted by Gasteiger charge is -2.26. The molecule has 1 N–H and O–H groups in total. The molecule has 0 atom stereocenters. The van der Waals surface area contributed by atoms with Gasteiger partial charge in [-0.25, -0.2) is 9.78 Å². The Labute approximate surface area is 222 Å². The highest BCUT2D eigenvalue weighted by molar-refractivity contribution is 7.21. The number of nitriles is 1. The Morgan fingerprint density at radius 1 is 1.26 bits per heavy atom. The molecule has 0 spiro atoms. The molecule has 0 aliphatic rings. The molecule has 0 radical (unpaired) electrons. The summed E-state index contributed by atoms with van der Waals surface area (Å²) in [6.07, 6.45) is 1.35. The van der Waals surface area contributed by atoms with E-state index < -0.39 is 22.3 Å². The molecule has 0 saturated carbocycles. The first-order valence-corrected chi connectivity index (χ1v) is 12.2. The maximum atomic E-state index is 12.4. The van der Waals surface area contributed by atoms with Gasteiger partial charge >= 0.3 is 5.97 Å². The number of esters is 1. The van der Waals surface area contributed by atoms with Crippen molar-refractivity contribution >= 4 is 55.6 Å². The van der Waals surface area contributed by atoms with Crippen LogP contribution in [-0.2, 0) is 14.3 Å². The number of non-ortho nitro benzene ring substituents is 1. The number of benzene rings is 2. The van der Waals surface area contributed by atoms with Crippen molar-refractivity contribution in [1.82, 2.24) is 10.3 Å². The SMILES string of the molecule is C=CC(=O)NC(C)(C)C(=O)OCCN(CCC#N)c1ccc(N=Nc2nc3ccc([N+](=O)[O-])cc3s2)cc1. The van der Waals surface area contributed by atoms with Gasteiger partial charge in [0.2, 0.25) is 11.0 Å². The van der Waals surface area contributed by atoms with E-state index in [4.69, 9.17) is 10.00 Å². The van der Waals surface area contributed by atoms with E-state index in [0.29, 0.717) is 34.1 Å². The fourth-order valence-electron chi connectivity index (χ4n) is 3.28. The second kappa shape index (κ2) is 12.5. The smallest absolute Gasteiger partial charge is 0.331 e. The maximum absolute atomic E-state index is 12.4. The van der Waals surface area contributed by atoms with Gasteiger partial charge in [-0.05, 0) is 50.3 Å². The number of carbonyl (C=O) groups is 2. The van der Waals surface area contributed by atoms with E-state index in [2.05, 4.69) is 33.2 Å². The average Bonchev–Trinajstić information content (AvgIpc) is 3.31. The molecule has 38 heavy (non-hydrogen) atoms. The number of thiazole rings is 1. The van der Waals surface area contributed by atoms with Gasteiger partial charge in [0.1, 0.15) is 12.1 Å². The molecule has 0 fully saturated rings. The summed E-state index contributed by atoms with van der Waals surface area (Å²) >= 11 is 1.20. The van der Waals surface area contributed by atoms with Gasteiger partial charge in [-0.1, -0.05) is 17.9 Å². The summed E-state index contributed by atoms with van der Waals surface area (Å²) in [4.78, 5) is 40.6. The molecule has 1 amide bonds. The number of ether oxygens (including phenoxy) is 1. The Hall–Kier alpha value is -4.70. The van der Waals surface area contributed by atoms with Gasteiger partial charge < -0.3 is 15.0 Å². The molecule has 0 aliphatic heterocycles. The van der Waals surface area contributed by atoms with Crippen LogP contribution in [0.5, 0.6) is 0 Å². The number of carbonyl (C=O) groups excluding carboxylic acids is 2. The van der Waals surface area contributed by atoms with E-state index in [0.717, 1.165) is 11.8 Å². The molecule has 1 heterocycles. The first-order valence-electron chi connectivity index (χ1n) is 11.4. The summed E-state index contributed by atoms with van der Waals surface area (Å²) in [7, 11) is 0. The topological polar surface area (TPSA) is 163 Å². The lowest BCUT2D eigenvalue weighted by Crippen LogP contribution is -2.50. The van der Waals surface area contributed by atoms with Crippen molar-refractivity contribution in [2.45, 2.75) is 25.8 Å². The first kappa shape index (κ1) is 27.9. The fraction of sp³-hybridized carbons (Fsp3) is 0.280. The van der Waals surface area contributed by atoms with Crippen LogP contribution in [0.2, 0.25) is 0 Å². The lowest BCUT2D eigenvalue weighted by molar-refractivity contribution is -0.384. The van der Waals surface area contributed by atoms with Crippen LogP contribution in [0.3, 0.4) is 0 Å². The minimum Gasteiger partial charge on any atom is -0.462 e. The zero-order valence-electron chi connectivity index (χ0n) is 20.8. The van der Waals surface area contributed by atoms with Crippen LogP contribution in [0.25, 0.3) is 10.2 Å². The predicted octanol–water partition coefficient (Wildman–Crippen LogP) is 4.96. The number of azo groups is 1. The van der Waals surface area contributed by atoms with Crippen molar-refractivity contribution in [2.24, 2.45) is 10.2 Å². The Morgan fingerprint density at radius 2 is 2.00 bits per heavy atom. The molecule has 0 unspecified atom stereocenters. The lowest BCUT2D eigenvalue weighted by atomic mass is 10.1. The van der Waals surface area contributed by atoms with Crippen molar-refractivity contribution in [3.8, 4) is 6.07 Å². The van der Waals surface area contributed by atoms with E-state index in [1.165, 1.54) is 37.3 Å². The molecule has 13 heteroatoms. The Morgan fingerprint density at radius 3 is 2.66 bits per heavy atom. The second-order valence-corrected chi connectivity index (χ2v) is 9.48. The largest absolute Gasteiger partial charge is 0.462 e. The van der Waals surface area contributed by atoms with Crippen LogP contribution in [0.15, 0.2) is 65.3 Å². The number of hydrogen-bond acceptors (Lipinski definition) is 11. The number of nitrogens with zero attached hydrogens (tertiary/aromatic N) is 6. The van der Waals surface area contributed by atoms with Gasteiger partial charge in [0.05, 0.1) is 39.9 Å². The third kappa shape index (κ3) is 7.40. The van der Waals surface area contributed by atoms with Gasteiger partial charge in [0, 0.05) is 24.4 Å². The highest BCUT2D eigenvalue weighted by Crippen LogP contribution is 2.32. The molecular weight excluding hydrogens is 510 g/mol. The number of nitro benzene ring substituents is 1. The molecule has 3 rings (SSSR count). The van der Waals surface area contributed by atoms with Crippen LogP contribution in [-0.4, -0.2) is 47.0 Å². The Kier molecular flexibility index (Phi) is 9.18. The van der Waals surface area contributed by atoms with Crippen LogP contribution in [0.1, 0.15) is 20.3 Å². The molecule has 12 nitrogen and oxygen atoms in total. The summed E-state index contributed by atoms with van der Waals surface area (Å²) in [5, 5.41) is 31.2. The van der Waals surface area contributed by atoms with Crippen LogP contribution >= 0.6 is 11.3 Å². The van der Waals surface area contributed by atoms with Gasteiger partial charge in [0.15, 0.2) is 0 Å². The van der Waals surface area contributed by atoms with E-state index in [1.54, 1.807) is 18.2 Å². The number of nitro groups is 1. The minimum absolute atomic E-state index is 0.0147. The molecule has 0 saturated heterocycles.